The van der Waals surface area contributed by atoms with E-state index in [1.165, 1.54) is 0 Å². The van der Waals surface area contributed by atoms with Crippen LogP contribution in [0.2, 0.25) is 0 Å². The predicted molar refractivity (Wildman–Crippen MR) is 74.2 cm³/mol. The zero-order valence-corrected chi connectivity index (χ0v) is 11.3. The van der Waals surface area contributed by atoms with Crippen LogP contribution in [0, 0.1) is 6.92 Å². The van der Waals surface area contributed by atoms with Gasteiger partial charge in [-0.05, 0) is 25.1 Å². The number of hydrogen-bond acceptors (Lipinski definition) is 3. The highest BCUT2D eigenvalue weighted by molar-refractivity contribution is 5.97. The lowest BCUT2D eigenvalue weighted by atomic mass is 10.1. The highest BCUT2D eigenvalue weighted by Crippen LogP contribution is 2.17. The number of fused-ring (bicyclic) bond motifs is 1. The van der Waals surface area contributed by atoms with Gasteiger partial charge in [-0.1, -0.05) is 0 Å². The lowest BCUT2D eigenvalue weighted by molar-refractivity contribution is 0.0736. The van der Waals surface area contributed by atoms with E-state index < -0.39 is 0 Å². The van der Waals surface area contributed by atoms with E-state index in [0.29, 0.717) is 0 Å². The van der Waals surface area contributed by atoms with Gasteiger partial charge >= 0.3 is 0 Å². The van der Waals surface area contributed by atoms with Crippen molar-refractivity contribution >= 4 is 16.9 Å². The van der Waals surface area contributed by atoms with E-state index in [4.69, 9.17) is 0 Å². The van der Waals surface area contributed by atoms with Crippen molar-refractivity contribution in [3.05, 3.63) is 29.6 Å². The van der Waals surface area contributed by atoms with Gasteiger partial charge in [-0.15, -0.1) is 0 Å². The molecule has 0 saturated carbocycles. The summed E-state index contributed by atoms with van der Waals surface area (Å²) in [5.74, 6) is 1.06. The molecule has 0 bridgehead atoms. The number of aromatic nitrogens is 2. The van der Waals surface area contributed by atoms with Crippen LogP contribution in [0.15, 0.2) is 18.2 Å². The van der Waals surface area contributed by atoms with Gasteiger partial charge in [-0.3, -0.25) is 4.79 Å². The van der Waals surface area contributed by atoms with Gasteiger partial charge in [-0.2, -0.15) is 0 Å². The number of imidazole rings is 1. The van der Waals surface area contributed by atoms with Crippen molar-refractivity contribution in [2.24, 2.45) is 7.05 Å². The van der Waals surface area contributed by atoms with Crippen LogP contribution < -0.4 is 5.32 Å². The van der Waals surface area contributed by atoms with Gasteiger partial charge in [0.05, 0.1) is 11.0 Å². The minimum absolute atomic E-state index is 0.103. The molecule has 1 saturated heterocycles. The lowest BCUT2D eigenvalue weighted by Gasteiger charge is -2.27. The Morgan fingerprint density at radius 1 is 1.32 bits per heavy atom. The Bertz CT molecular complexity index is 626. The van der Waals surface area contributed by atoms with Crippen LogP contribution in [-0.4, -0.2) is 46.5 Å². The number of benzene rings is 1. The second kappa shape index (κ2) is 4.66. The monoisotopic (exact) mass is 258 g/mol. The van der Waals surface area contributed by atoms with Gasteiger partial charge in [0.15, 0.2) is 0 Å². The van der Waals surface area contributed by atoms with Crippen molar-refractivity contribution in [1.82, 2.24) is 19.8 Å². The van der Waals surface area contributed by atoms with Crippen LogP contribution in [0.5, 0.6) is 0 Å². The summed E-state index contributed by atoms with van der Waals surface area (Å²) in [6, 6.07) is 5.77. The van der Waals surface area contributed by atoms with Crippen LogP contribution in [0.1, 0.15) is 16.2 Å². The molecule has 0 unspecified atom stereocenters. The molecule has 0 atom stereocenters. The number of nitrogens with one attached hydrogen (secondary N) is 1. The van der Waals surface area contributed by atoms with Gasteiger partial charge in [0.25, 0.3) is 5.91 Å². The fourth-order valence-electron chi connectivity index (χ4n) is 2.50. The van der Waals surface area contributed by atoms with E-state index in [2.05, 4.69) is 10.3 Å². The van der Waals surface area contributed by atoms with Crippen LogP contribution in [0.4, 0.5) is 0 Å². The first kappa shape index (κ1) is 12.2. The summed E-state index contributed by atoms with van der Waals surface area (Å²) in [7, 11) is 1.99. The second-order valence-electron chi connectivity index (χ2n) is 4.96. The summed E-state index contributed by atoms with van der Waals surface area (Å²) in [6.07, 6.45) is 0. The molecule has 19 heavy (non-hydrogen) atoms. The Kier molecular flexibility index (Phi) is 2.98. The number of nitrogens with zero attached hydrogens (tertiary/aromatic N) is 3. The normalized spacial score (nSPS) is 16.0. The first-order chi connectivity index (χ1) is 9.16. The van der Waals surface area contributed by atoms with E-state index in [0.717, 1.165) is 48.6 Å². The Morgan fingerprint density at radius 3 is 2.79 bits per heavy atom. The van der Waals surface area contributed by atoms with Crippen LogP contribution in [0.3, 0.4) is 0 Å². The van der Waals surface area contributed by atoms with E-state index in [1.807, 2.05) is 41.6 Å². The summed E-state index contributed by atoms with van der Waals surface area (Å²) in [4.78, 5) is 18.8. The molecule has 5 heteroatoms. The average Bonchev–Trinajstić information content (AvgIpc) is 2.74. The molecule has 1 N–H and O–H groups in total. The summed E-state index contributed by atoms with van der Waals surface area (Å²) in [5, 5.41) is 3.25. The topological polar surface area (TPSA) is 50.2 Å². The maximum absolute atomic E-state index is 12.4. The number of carbonyl (C=O) groups excluding carboxylic acids is 1. The fourth-order valence-corrected chi connectivity index (χ4v) is 2.50. The number of carbonyl (C=O) groups is 1. The van der Waals surface area contributed by atoms with Gasteiger partial charge in [0.1, 0.15) is 5.82 Å². The maximum atomic E-state index is 12.4. The highest BCUT2D eigenvalue weighted by atomic mass is 16.2. The molecule has 2 heterocycles. The molecule has 3 rings (SSSR count). The largest absolute Gasteiger partial charge is 0.336 e. The molecular weight excluding hydrogens is 240 g/mol. The van der Waals surface area contributed by atoms with Crippen molar-refractivity contribution < 1.29 is 4.79 Å². The number of aryl methyl sites for hydroxylation is 2. The van der Waals surface area contributed by atoms with Gasteiger partial charge in [0, 0.05) is 38.8 Å². The SMILES string of the molecule is Cc1nc2cc(C(=O)N3CCNCC3)ccc2n1C. The Hall–Kier alpha value is -1.88. The lowest BCUT2D eigenvalue weighted by Crippen LogP contribution is -2.46. The van der Waals surface area contributed by atoms with E-state index in [9.17, 15) is 4.79 Å². The number of rotatable bonds is 1. The molecule has 0 radical (unpaired) electrons. The molecule has 1 aromatic heterocycles. The van der Waals surface area contributed by atoms with E-state index in [-0.39, 0.29) is 5.91 Å². The standard InChI is InChI=1S/C14H18N4O/c1-10-16-12-9-11(3-4-13(12)17(10)2)14(19)18-7-5-15-6-8-18/h3-4,9,15H,5-8H2,1-2H3. The van der Waals surface area contributed by atoms with Crippen LogP contribution in [0.25, 0.3) is 11.0 Å². The van der Waals surface area contributed by atoms with Crippen molar-refractivity contribution in [1.29, 1.82) is 0 Å². The Morgan fingerprint density at radius 2 is 2.05 bits per heavy atom. The van der Waals surface area contributed by atoms with E-state index >= 15 is 0 Å². The first-order valence-electron chi connectivity index (χ1n) is 6.60. The van der Waals surface area contributed by atoms with Gasteiger partial charge in [0.2, 0.25) is 0 Å². The molecular formula is C14H18N4O. The van der Waals surface area contributed by atoms with Crippen molar-refractivity contribution in [2.75, 3.05) is 26.2 Å². The molecule has 1 aliphatic heterocycles. The number of hydrogen-bond donors (Lipinski definition) is 1. The molecule has 1 aromatic carbocycles. The van der Waals surface area contributed by atoms with Crippen molar-refractivity contribution in [2.45, 2.75) is 6.92 Å². The molecule has 0 spiro atoms. The second-order valence-corrected chi connectivity index (χ2v) is 4.96. The fraction of sp³-hybridized carbons (Fsp3) is 0.429. The predicted octanol–water partition coefficient (Wildman–Crippen LogP) is 0.927. The summed E-state index contributed by atoms with van der Waals surface area (Å²) in [6.45, 7) is 5.27. The number of amides is 1. The summed E-state index contributed by atoms with van der Waals surface area (Å²) >= 11 is 0. The smallest absolute Gasteiger partial charge is 0.254 e. The summed E-state index contributed by atoms with van der Waals surface area (Å²) in [5.41, 5.74) is 2.68. The zero-order valence-electron chi connectivity index (χ0n) is 11.3. The third-order valence-corrected chi connectivity index (χ3v) is 3.76. The Balaban J connectivity index is 1.94. The summed E-state index contributed by atoms with van der Waals surface area (Å²) < 4.78 is 2.04. The zero-order chi connectivity index (χ0) is 13.4. The minimum atomic E-state index is 0.103. The molecule has 100 valence electrons. The minimum Gasteiger partial charge on any atom is -0.336 e. The molecule has 1 amide bonds. The molecule has 2 aromatic rings. The third-order valence-electron chi connectivity index (χ3n) is 3.76. The van der Waals surface area contributed by atoms with Crippen LogP contribution >= 0.6 is 0 Å². The first-order valence-corrected chi connectivity index (χ1v) is 6.60. The van der Waals surface area contributed by atoms with Crippen molar-refractivity contribution in [3.63, 3.8) is 0 Å². The average molecular weight is 258 g/mol. The highest BCUT2D eigenvalue weighted by Gasteiger charge is 2.18. The quantitative estimate of drug-likeness (QED) is 0.828. The molecule has 1 fully saturated rings. The maximum Gasteiger partial charge on any atom is 0.254 e. The Labute approximate surface area is 112 Å². The van der Waals surface area contributed by atoms with Crippen LogP contribution in [-0.2, 0) is 7.05 Å². The molecule has 5 nitrogen and oxygen atoms in total. The third kappa shape index (κ3) is 2.10. The molecule has 1 aliphatic rings. The van der Waals surface area contributed by atoms with E-state index in [1.54, 1.807) is 0 Å². The van der Waals surface area contributed by atoms with Crippen molar-refractivity contribution in [3.8, 4) is 0 Å². The van der Waals surface area contributed by atoms with Gasteiger partial charge < -0.3 is 14.8 Å². The van der Waals surface area contributed by atoms with Gasteiger partial charge in [-0.25, -0.2) is 4.98 Å². The number of piperazine rings is 1. The molecule has 0 aliphatic carbocycles.